The number of amidine groups is 1. The molecule has 0 saturated heterocycles. The molecule has 4 rings (SSSR count). The van der Waals surface area contributed by atoms with Gasteiger partial charge < -0.3 is 15.2 Å². The lowest BCUT2D eigenvalue weighted by molar-refractivity contribution is 0.219. The van der Waals surface area contributed by atoms with E-state index in [2.05, 4.69) is 25.9 Å². The Morgan fingerprint density at radius 2 is 2.13 bits per heavy atom. The third-order valence-electron chi connectivity index (χ3n) is 4.17. The molecule has 23 heavy (non-hydrogen) atoms. The Bertz CT molecular complexity index is 855. The standard InChI is InChI=1S/C16H13BrClN3O2/c1-8-14-11(7-13(18)20-8)16(4-5-22-15(19)21-16)10-6-9(17)2-3-12(10)23-14/h2-3,6-7H,4-5H2,1H3,(H2,19,21)/t16-/m0/s1. The molecule has 5 nitrogen and oxygen atoms in total. The summed E-state index contributed by atoms with van der Waals surface area (Å²) in [4.78, 5) is 8.96. The van der Waals surface area contributed by atoms with Crippen LogP contribution in [0.1, 0.15) is 23.2 Å². The minimum Gasteiger partial charge on any atom is -0.465 e. The predicted octanol–water partition coefficient (Wildman–Crippen LogP) is 3.89. The number of halogens is 2. The molecule has 7 heteroatoms. The molecule has 0 unspecified atom stereocenters. The summed E-state index contributed by atoms with van der Waals surface area (Å²) in [6.45, 7) is 2.34. The lowest BCUT2D eigenvalue weighted by atomic mass is 9.78. The Kier molecular flexibility index (Phi) is 3.28. The van der Waals surface area contributed by atoms with Crippen molar-refractivity contribution < 1.29 is 9.47 Å². The smallest absolute Gasteiger partial charge is 0.283 e. The van der Waals surface area contributed by atoms with Gasteiger partial charge >= 0.3 is 0 Å². The van der Waals surface area contributed by atoms with Gasteiger partial charge in [-0.15, -0.1) is 0 Å². The Hall–Kier alpha value is -1.79. The van der Waals surface area contributed by atoms with Crippen molar-refractivity contribution in [3.05, 3.63) is 50.7 Å². The van der Waals surface area contributed by atoms with Crippen molar-refractivity contribution in [2.45, 2.75) is 18.9 Å². The first-order valence-corrected chi connectivity index (χ1v) is 8.30. The molecule has 0 saturated carbocycles. The number of rotatable bonds is 0. The number of nitrogens with zero attached hydrogens (tertiary/aromatic N) is 2. The van der Waals surface area contributed by atoms with Gasteiger partial charge in [0.2, 0.25) is 0 Å². The van der Waals surface area contributed by atoms with Crippen LogP contribution in [-0.2, 0) is 10.3 Å². The van der Waals surface area contributed by atoms with Crippen LogP contribution in [0.5, 0.6) is 11.5 Å². The van der Waals surface area contributed by atoms with E-state index in [-0.39, 0.29) is 6.02 Å². The number of hydrogen-bond acceptors (Lipinski definition) is 5. The van der Waals surface area contributed by atoms with Gasteiger partial charge in [0.15, 0.2) is 5.75 Å². The van der Waals surface area contributed by atoms with E-state index < -0.39 is 5.54 Å². The number of nitrogens with two attached hydrogens (primary N) is 1. The fourth-order valence-electron chi connectivity index (χ4n) is 3.20. The first-order chi connectivity index (χ1) is 11.0. The van der Waals surface area contributed by atoms with Crippen LogP contribution in [0, 0.1) is 6.92 Å². The molecule has 0 bridgehead atoms. The molecule has 3 heterocycles. The third kappa shape index (κ3) is 2.20. The monoisotopic (exact) mass is 393 g/mol. The van der Waals surface area contributed by atoms with Crippen molar-refractivity contribution >= 4 is 33.6 Å². The highest BCUT2D eigenvalue weighted by Crippen LogP contribution is 2.53. The normalized spacial score (nSPS) is 21.8. The Morgan fingerprint density at radius 3 is 2.91 bits per heavy atom. The first kappa shape index (κ1) is 14.8. The van der Waals surface area contributed by atoms with Gasteiger partial charge in [-0.2, -0.15) is 0 Å². The van der Waals surface area contributed by atoms with E-state index in [1.165, 1.54) is 0 Å². The van der Waals surface area contributed by atoms with Crippen LogP contribution in [0.4, 0.5) is 0 Å². The third-order valence-corrected chi connectivity index (χ3v) is 4.86. The van der Waals surface area contributed by atoms with Gasteiger partial charge in [-0.1, -0.05) is 27.5 Å². The molecule has 0 aliphatic carbocycles. The molecule has 0 fully saturated rings. The summed E-state index contributed by atoms with van der Waals surface area (Å²) in [6.07, 6.45) is 0.646. The van der Waals surface area contributed by atoms with Crippen LogP contribution in [-0.4, -0.2) is 17.6 Å². The van der Waals surface area contributed by atoms with Gasteiger partial charge in [-0.05, 0) is 31.2 Å². The first-order valence-electron chi connectivity index (χ1n) is 7.13. The van der Waals surface area contributed by atoms with Crippen molar-refractivity contribution in [2.24, 2.45) is 10.7 Å². The van der Waals surface area contributed by atoms with E-state index in [9.17, 15) is 0 Å². The zero-order chi connectivity index (χ0) is 16.2. The summed E-state index contributed by atoms with van der Waals surface area (Å²) in [7, 11) is 0. The highest BCUT2D eigenvalue weighted by atomic mass is 79.9. The Labute approximate surface area is 146 Å². The van der Waals surface area contributed by atoms with E-state index >= 15 is 0 Å². The van der Waals surface area contributed by atoms with Crippen LogP contribution in [0.15, 0.2) is 33.7 Å². The Balaban J connectivity index is 2.08. The number of aromatic nitrogens is 1. The van der Waals surface area contributed by atoms with E-state index in [0.29, 0.717) is 23.9 Å². The van der Waals surface area contributed by atoms with Gasteiger partial charge in [0.25, 0.3) is 6.02 Å². The lowest BCUT2D eigenvalue weighted by Gasteiger charge is -2.39. The molecule has 1 aromatic heterocycles. The molecule has 1 atom stereocenters. The Morgan fingerprint density at radius 1 is 1.30 bits per heavy atom. The number of fused-ring (bicyclic) bond motifs is 4. The van der Waals surface area contributed by atoms with E-state index in [4.69, 9.17) is 26.8 Å². The van der Waals surface area contributed by atoms with Crippen LogP contribution in [0.3, 0.4) is 0 Å². The number of ether oxygens (including phenoxy) is 2. The van der Waals surface area contributed by atoms with Gasteiger partial charge in [-0.3, -0.25) is 0 Å². The van der Waals surface area contributed by atoms with E-state index in [0.717, 1.165) is 27.0 Å². The highest BCUT2D eigenvalue weighted by molar-refractivity contribution is 9.10. The topological polar surface area (TPSA) is 69.7 Å². The summed E-state index contributed by atoms with van der Waals surface area (Å²) in [6, 6.07) is 7.82. The minimum absolute atomic E-state index is 0.167. The summed E-state index contributed by atoms with van der Waals surface area (Å²) in [5.74, 6) is 1.43. The molecule has 1 spiro atoms. The van der Waals surface area contributed by atoms with Crippen molar-refractivity contribution in [3.63, 3.8) is 0 Å². The van der Waals surface area contributed by atoms with Gasteiger partial charge in [-0.25, -0.2) is 9.98 Å². The highest BCUT2D eigenvalue weighted by Gasteiger charge is 2.45. The van der Waals surface area contributed by atoms with Crippen LogP contribution in [0.25, 0.3) is 0 Å². The number of benzene rings is 1. The summed E-state index contributed by atoms with van der Waals surface area (Å²) in [5.41, 5.74) is 7.75. The zero-order valence-corrected chi connectivity index (χ0v) is 14.6. The fraction of sp³-hybridized carbons (Fsp3) is 0.250. The predicted molar refractivity (Wildman–Crippen MR) is 91.2 cm³/mol. The zero-order valence-electron chi connectivity index (χ0n) is 12.3. The quantitative estimate of drug-likeness (QED) is 0.688. The molecular formula is C16H13BrClN3O2. The van der Waals surface area contributed by atoms with Gasteiger partial charge in [0.1, 0.15) is 16.4 Å². The molecule has 0 amide bonds. The second-order valence-corrected chi connectivity index (χ2v) is 6.86. The van der Waals surface area contributed by atoms with Crippen molar-refractivity contribution in [3.8, 4) is 11.5 Å². The summed E-state index contributed by atoms with van der Waals surface area (Å²) < 4.78 is 12.4. The summed E-state index contributed by atoms with van der Waals surface area (Å²) >= 11 is 9.71. The SMILES string of the molecule is Cc1nc(Cl)cc2c1Oc1ccc(Br)cc1[C@@]21CCOC(N)=N1. The largest absolute Gasteiger partial charge is 0.465 e. The molecular weight excluding hydrogens is 382 g/mol. The number of aliphatic imine (C=N–C) groups is 1. The van der Waals surface area contributed by atoms with E-state index in [1.54, 1.807) is 6.07 Å². The summed E-state index contributed by atoms with van der Waals surface area (Å²) in [5, 5.41) is 0.405. The van der Waals surface area contributed by atoms with Crippen LogP contribution < -0.4 is 10.5 Å². The van der Waals surface area contributed by atoms with E-state index in [1.807, 2.05) is 25.1 Å². The number of aryl methyl sites for hydroxylation is 1. The molecule has 2 aromatic rings. The minimum atomic E-state index is -0.674. The maximum atomic E-state index is 6.19. The van der Waals surface area contributed by atoms with Gasteiger partial charge in [0.05, 0.1) is 12.3 Å². The molecule has 118 valence electrons. The number of pyridine rings is 1. The molecule has 2 N–H and O–H groups in total. The molecule has 2 aliphatic rings. The van der Waals surface area contributed by atoms with Gasteiger partial charge in [0, 0.05) is 22.0 Å². The lowest BCUT2D eigenvalue weighted by Crippen LogP contribution is -2.38. The number of hydrogen-bond donors (Lipinski definition) is 1. The second-order valence-electron chi connectivity index (χ2n) is 5.56. The molecule has 0 radical (unpaired) electrons. The van der Waals surface area contributed by atoms with Crippen LogP contribution in [0.2, 0.25) is 5.15 Å². The van der Waals surface area contributed by atoms with Crippen molar-refractivity contribution in [1.29, 1.82) is 0 Å². The molecule has 2 aliphatic heterocycles. The maximum absolute atomic E-state index is 6.19. The van der Waals surface area contributed by atoms with Crippen molar-refractivity contribution in [1.82, 2.24) is 4.98 Å². The molecule has 1 aromatic carbocycles. The fourth-order valence-corrected chi connectivity index (χ4v) is 3.79. The van der Waals surface area contributed by atoms with Crippen molar-refractivity contribution in [2.75, 3.05) is 6.61 Å². The maximum Gasteiger partial charge on any atom is 0.283 e. The average Bonchev–Trinajstić information content (AvgIpc) is 2.50. The van der Waals surface area contributed by atoms with Crippen LogP contribution >= 0.6 is 27.5 Å². The second kappa shape index (κ2) is 5.11. The average molecular weight is 395 g/mol.